The molecule has 0 spiro atoms. The highest BCUT2D eigenvalue weighted by Crippen LogP contribution is 2.39. The molecule has 154 valence electrons. The van der Waals surface area contributed by atoms with Gasteiger partial charge in [0.1, 0.15) is 12.5 Å². The van der Waals surface area contributed by atoms with Crippen molar-refractivity contribution in [2.24, 2.45) is 0 Å². The van der Waals surface area contributed by atoms with Crippen LogP contribution in [0, 0.1) is 19.7 Å². The van der Waals surface area contributed by atoms with Crippen LogP contribution in [0.2, 0.25) is 0 Å². The van der Waals surface area contributed by atoms with Gasteiger partial charge in [-0.05, 0) is 61.9 Å². The highest BCUT2D eigenvalue weighted by atomic mass is 19.1. The van der Waals surface area contributed by atoms with Gasteiger partial charge >= 0.3 is 0 Å². The van der Waals surface area contributed by atoms with Crippen molar-refractivity contribution >= 4 is 28.7 Å². The number of aryl methyl sites for hydroxylation is 2. The molecule has 0 saturated carbocycles. The summed E-state index contributed by atoms with van der Waals surface area (Å²) in [6.07, 6.45) is 0. The van der Waals surface area contributed by atoms with Gasteiger partial charge in [0.05, 0.1) is 16.9 Å². The van der Waals surface area contributed by atoms with Crippen molar-refractivity contribution in [3.63, 3.8) is 0 Å². The molecular weight excluding hydrogens is 383 g/mol. The van der Waals surface area contributed by atoms with E-state index in [9.17, 15) is 14.0 Å². The van der Waals surface area contributed by atoms with Crippen LogP contribution >= 0.6 is 0 Å². The van der Waals surface area contributed by atoms with Gasteiger partial charge in [0, 0.05) is 37.2 Å². The van der Waals surface area contributed by atoms with Crippen molar-refractivity contribution in [2.75, 3.05) is 35.5 Å². The fourth-order valence-electron chi connectivity index (χ4n) is 3.81. The van der Waals surface area contributed by atoms with E-state index in [0.29, 0.717) is 16.9 Å². The summed E-state index contributed by atoms with van der Waals surface area (Å²) >= 11 is 0. The number of fused-ring (bicyclic) bond motifs is 1. The number of hydrogen-bond acceptors (Lipinski definition) is 4. The van der Waals surface area contributed by atoms with Crippen LogP contribution in [0.25, 0.3) is 0 Å². The first-order chi connectivity index (χ1) is 14.3. The molecule has 30 heavy (non-hydrogen) atoms. The molecule has 0 atom stereocenters. The van der Waals surface area contributed by atoms with Gasteiger partial charge in [0.25, 0.3) is 5.91 Å². The Labute approximate surface area is 174 Å². The number of benzene rings is 2. The summed E-state index contributed by atoms with van der Waals surface area (Å²) in [6.45, 7) is 3.85. The lowest BCUT2D eigenvalue weighted by Gasteiger charge is -2.39. The molecule has 0 saturated heterocycles. The molecule has 1 aromatic heterocycles. The highest BCUT2D eigenvalue weighted by molar-refractivity contribution is 6.13. The molecule has 1 N–H and O–H groups in total. The number of hydrogen-bond donors (Lipinski definition) is 1. The Morgan fingerprint density at radius 2 is 1.63 bits per heavy atom. The fraction of sp³-hybridized carbons (Fsp3) is 0.217. The number of carbonyl (C=O) groups is 1. The molecule has 0 bridgehead atoms. The van der Waals surface area contributed by atoms with Gasteiger partial charge in [-0.25, -0.2) is 4.39 Å². The number of amides is 1. The van der Waals surface area contributed by atoms with E-state index in [4.69, 9.17) is 0 Å². The number of aromatic amines is 1. The number of aromatic nitrogens is 1. The average molecular weight is 406 g/mol. The molecule has 0 radical (unpaired) electrons. The molecule has 0 unspecified atom stereocenters. The molecule has 7 heteroatoms. The lowest BCUT2D eigenvalue weighted by molar-refractivity contribution is 0.0983. The second kappa shape index (κ2) is 7.33. The number of H-pyrrole nitrogens is 1. The molecule has 1 aliphatic rings. The van der Waals surface area contributed by atoms with E-state index < -0.39 is 0 Å². The minimum Gasteiger partial charge on any atom is -0.378 e. The lowest BCUT2D eigenvalue weighted by atomic mass is 10.0. The minimum atomic E-state index is -0.306. The van der Waals surface area contributed by atoms with Crippen LogP contribution in [0.1, 0.15) is 21.6 Å². The van der Waals surface area contributed by atoms with Crippen LogP contribution in [0.15, 0.2) is 53.3 Å². The minimum absolute atomic E-state index is 0.151. The van der Waals surface area contributed by atoms with Crippen molar-refractivity contribution < 1.29 is 9.18 Å². The van der Waals surface area contributed by atoms with Crippen LogP contribution in [0.4, 0.5) is 27.1 Å². The van der Waals surface area contributed by atoms with E-state index in [-0.39, 0.29) is 24.0 Å². The molecule has 4 rings (SSSR count). The number of pyridine rings is 1. The lowest BCUT2D eigenvalue weighted by Crippen LogP contribution is -2.45. The van der Waals surface area contributed by atoms with Gasteiger partial charge in [-0.15, -0.1) is 0 Å². The number of nitrogens with zero attached hydrogens (tertiary/aromatic N) is 3. The van der Waals surface area contributed by atoms with Crippen molar-refractivity contribution in [1.82, 2.24) is 4.98 Å². The van der Waals surface area contributed by atoms with E-state index in [2.05, 4.69) is 4.98 Å². The van der Waals surface area contributed by atoms with Crippen LogP contribution < -0.4 is 20.3 Å². The van der Waals surface area contributed by atoms with Crippen molar-refractivity contribution in [3.8, 4) is 0 Å². The molecule has 2 aromatic carbocycles. The number of rotatable bonds is 3. The van der Waals surface area contributed by atoms with E-state index in [1.54, 1.807) is 24.0 Å². The topological polar surface area (TPSA) is 59.7 Å². The van der Waals surface area contributed by atoms with Gasteiger partial charge in [-0.3, -0.25) is 14.5 Å². The quantitative estimate of drug-likeness (QED) is 0.716. The zero-order chi connectivity index (χ0) is 21.6. The molecule has 3 aromatic rings. The first-order valence-electron chi connectivity index (χ1n) is 9.63. The predicted octanol–water partition coefficient (Wildman–Crippen LogP) is 3.95. The Balaban J connectivity index is 1.91. The van der Waals surface area contributed by atoms with Crippen LogP contribution in [0.3, 0.4) is 0 Å². The molecule has 1 amide bonds. The largest absolute Gasteiger partial charge is 0.378 e. The molecule has 2 heterocycles. The number of halogens is 1. The zero-order valence-electron chi connectivity index (χ0n) is 17.4. The van der Waals surface area contributed by atoms with E-state index in [1.165, 1.54) is 18.2 Å². The second-order valence-electron chi connectivity index (χ2n) is 7.66. The smallest absolute Gasteiger partial charge is 0.261 e. The maximum atomic E-state index is 13.8. The fourth-order valence-corrected chi connectivity index (χ4v) is 3.81. The van der Waals surface area contributed by atoms with Crippen molar-refractivity contribution in [2.45, 2.75) is 13.8 Å². The number of nitrogens with one attached hydrogen (secondary N) is 1. The normalized spacial score (nSPS) is 13.4. The summed E-state index contributed by atoms with van der Waals surface area (Å²) in [6, 6.07) is 13.4. The first kappa shape index (κ1) is 19.7. The summed E-state index contributed by atoms with van der Waals surface area (Å²) in [4.78, 5) is 33.4. The van der Waals surface area contributed by atoms with Gasteiger partial charge in [0.2, 0.25) is 5.56 Å². The molecular formula is C23H23FN4O2. The summed E-state index contributed by atoms with van der Waals surface area (Å²) in [5.41, 5.74) is 4.87. The molecule has 0 fully saturated rings. The van der Waals surface area contributed by atoms with Gasteiger partial charge in [-0.2, -0.15) is 0 Å². The van der Waals surface area contributed by atoms with E-state index in [1.807, 2.05) is 49.0 Å². The molecule has 0 aliphatic carbocycles. The summed E-state index contributed by atoms with van der Waals surface area (Å²) in [5.74, 6) is -0.457. The second-order valence-corrected chi connectivity index (χ2v) is 7.66. The van der Waals surface area contributed by atoms with E-state index >= 15 is 0 Å². The predicted molar refractivity (Wildman–Crippen MR) is 118 cm³/mol. The monoisotopic (exact) mass is 406 g/mol. The maximum Gasteiger partial charge on any atom is 0.261 e. The Morgan fingerprint density at radius 3 is 2.30 bits per heavy atom. The Hall–Kier alpha value is -3.61. The third kappa shape index (κ3) is 3.32. The summed E-state index contributed by atoms with van der Waals surface area (Å²) in [7, 11) is 3.88. The third-order valence-electron chi connectivity index (χ3n) is 5.37. The molecule has 6 nitrogen and oxygen atoms in total. The zero-order valence-corrected chi connectivity index (χ0v) is 17.4. The van der Waals surface area contributed by atoms with Gasteiger partial charge < -0.3 is 14.8 Å². The van der Waals surface area contributed by atoms with Crippen molar-refractivity contribution in [3.05, 3.63) is 81.5 Å². The van der Waals surface area contributed by atoms with Crippen LogP contribution in [-0.4, -0.2) is 31.7 Å². The van der Waals surface area contributed by atoms with Crippen LogP contribution in [0.5, 0.6) is 0 Å². The Morgan fingerprint density at radius 1 is 0.900 bits per heavy atom. The number of carbonyl (C=O) groups excluding carboxylic acids is 1. The van der Waals surface area contributed by atoms with Crippen molar-refractivity contribution in [1.29, 1.82) is 0 Å². The number of anilines is 4. The average Bonchev–Trinajstić information content (AvgIpc) is 2.69. The Bertz CT molecular complexity index is 1200. The third-order valence-corrected chi connectivity index (χ3v) is 5.37. The van der Waals surface area contributed by atoms with Gasteiger partial charge in [-0.1, -0.05) is 0 Å². The summed E-state index contributed by atoms with van der Waals surface area (Å²) in [5, 5.41) is 0. The van der Waals surface area contributed by atoms with E-state index in [0.717, 1.165) is 22.6 Å². The Kier molecular flexibility index (Phi) is 4.81. The maximum absolute atomic E-state index is 13.8. The molecule has 1 aliphatic heterocycles. The van der Waals surface area contributed by atoms with Crippen LogP contribution in [-0.2, 0) is 0 Å². The highest BCUT2D eigenvalue weighted by Gasteiger charge is 2.33. The first-order valence-corrected chi connectivity index (χ1v) is 9.63. The van der Waals surface area contributed by atoms with Gasteiger partial charge in [0.15, 0.2) is 0 Å². The summed E-state index contributed by atoms with van der Waals surface area (Å²) < 4.78 is 13.8. The SMILES string of the molecule is Cc1cc(F)ccc1N1CN(c2ccc(=O)[nH]c2C)C(=O)c2ccc(N(C)C)cc21. The standard InChI is InChI=1S/C23H23FN4O2/c1-14-11-16(24)5-8-19(14)27-13-28(20-9-10-22(29)25-15(20)2)23(30)18-7-6-17(26(3)4)12-21(18)27/h5-12H,13H2,1-4H3,(H,25,29).